The van der Waals surface area contributed by atoms with E-state index in [4.69, 9.17) is 5.11 Å². The van der Waals surface area contributed by atoms with Crippen molar-refractivity contribution in [1.29, 1.82) is 0 Å². The van der Waals surface area contributed by atoms with Crippen LogP contribution in [-0.2, 0) is 11.0 Å². The van der Waals surface area contributed by atoms with E-state index in [9.17, 15) is 22.8 Å². The number of carboxylic acid groups (broad SMARTS) is 1. The molecule has 2 N–H and O–H groups in total. The average molecular weight is 544 g/mol. The Morgan fingerprint density at radius 2 is 1.63 bits per heavy atom. The Hall–Kier alpha value is -3.26. The average Bonchev–Trinajstić information content (AvgIpc) is 2.90. The van der Waals surface area contributed by atoms with Crippen LogP contribution in [0.4, 0.5) is 13.2 Å². The van der Waals surface area contributed by atoms with Crippen LogP contribution >= 0.6 is 11.8 Å². The predicted octanol–water partition coefficient (Wildman–Crippen LogP) is 8.38. The number of benzene rings is 3. The number of amides is 1. The highest BCUT2D eigenvalue weighted by atomic mass is 32.2. The molecule has 0 bridgehead atoms. The Bertz CT molecular complexity index is 1190. The van der Waals surface area contributed by atoms with Crippen molar-refractivity contribution in [3.8, 4) is 11.1 Å². The number of thioether (sulfide) groups is 1. The third-order valence-electron chi connectivity index (χ3n) is 6.14. The van der Waals surface area contributed by atoms with Gasteiger partial charge in [0.15, 0.2) is 0 Å². The van der Waals surface area contributed by atoms with Crippen molar-refractivity contribution in [3.63, 3.8) is 0 Å². The molecule has 202 valence electrons. The molecule has 0 aliphatic rings. The Kier molecular flexibility index (Phi) is 10.8. The van der Waals surface area contributed by atoms with Crippen LogP contribution in [-0.4, -0.2) is 23.5 Å². The molecule has 3 aromatic rings. The van der Waals surface area contributed by atoms with E-state index < -0.39 is 17.7 Å². The van der Waals surface area contributed by atoms with Crippen molar-refractivity contribution in [3.05, 3.63) is 89.5 Å². The molecule has 0 aliphatic carbocycles. The number of carbonyl (C=O) groups is 2. The second-order valence-corrected chi connectivity index (χ2v) is 10.4. The molecule has 0 radical (unpaired) electrons. The number of hydrogen-bond acceptors (Lipinski definition) is 3. The SMILES string of the molecule is CCCCCCC(Sc1ccc(-c2cccc(C(F)(F)F)c2)cc1)c1ccc(C(=O)NCCC(=O)O)cc1. The van der Waals surface area contributed by atoms with Crippen LogP contribution in [0.1, 0.15) is 72.2 Å². The number of rotatable bonds is 13. The van der Waals surface area contributed by atoms with Gasteiger partial charge in [-0.15, -0.1) is 11.8 Å². The Labute approximate surface area is 225 Å². The largest absolute Gasteiger partial charge is 0.481 e. The van der Waals surface area contributed by atoms with E-state index in [1.165, 1.54) is 12.5 Å². The quantitative estimate of drug-likeness (QED) is 0.168. The van der Waals surface area contributed by atoms with E-state index in [-0.39, 0.29) is 24.1 Å². The molecule has 1 amide bonds. The van der Waals surface area contributed by atoms with Crippen molar-refractivity contribution in [2.45, 2.75) is 61.8 Å². The van der Waals surface area contributed by atoms with Crippen molar-refractivity contribution >= 4 is 23.6 Å². The zero-order chi connectivity index (χ0) is 27.5. The minimum absolute atomic E-state index is 0.0717. The lowest BCUT2D eigenvalue weighted by Gasteiger charge is -2.18. The molecule has 38 heavy (non-hydrogen) atoms. The molecule has 3 aromatic carbocycles. The molecule has 0 saturated carbocycles. The first-order valence-electron chi connectivity index (χ1n) is 12.7. The first-order chi connectivity index (χ1) is 18.2. The molecule has 0 aliphatic heterocycles. The van der Waals surface area contributed by atoms with Crippen LogP contribution in [0.3, 0.4) is 0 Å². The molecule has 0 heterocycles. The molecule has 4 nitrogen and oxygen atoms in total. The van der Waals surface area contributed by atoms with Gasteiger partial charge in [0, 0.05) is 22.3 Å². The maximum atomic E-state index is 13.1. The summed E-state index contributed by atoms with van der Waals surface area (Å²) in [6.45, 7) is 2.24. The fraction of sp³-hybridized carbons (Fsp3) is 0.333. The van der Waals surface area contributed by atoms with Gasteiger partial charge < -0.3 is 10.4 Å². The zero-order valence-corrected chi connectivity index (χ0v) is 22.1. The number of carboxylic acids is 1. The monoisotopic (exact) mass is 543 g/mol. The Morgan fingerprint density at radius 1 is 0.921 bits per heavy atom. The minimum atomic E-state index is -4.38. The number of halogens is 3. The summed E-state index contributed by atoms with van der Waals surface area (Å²) in [5, 5.41) is 11.5. The van der Waals surface area contributed by atoms with Gasteiger partial charge in [-0.1, -0.05) is 69.0 Å². The summed E-state index contributed by atoms with van der Waals surface area (Å²) < 4.78 is 39.3. The van der Waals surface area contributed by atoms with E-state index in [1.807, 2.05) is 36.4 Å². The highest BCUT2D eigenvalue weighted by molar-refractivity contribution is 7.99. The summed E-state index contributed by atoms with van der Waals surface area (Å²) in [7, 11) is 0. The maximum Gasteiger partial charge on any atom is 0.416 e. The standard InChI is InChI=1S/C30H32F3NO3S/c1-2-3-4-5-9-27(22-10-12-23(13-11-22)29(37)34-19-18-28(35)36)38-26-16-14-21(15-17-26)24-7-6-8-25(20-24)30(31,32)33/h6-8,10-17,20,27H,2-5,9,18-19H2,1H3,(H,34,37)(H,35,36). The van der Waals surface area contributed by atoms with Crippen LogP contribution in [0.15, 0.2) is 77.7 Å². The van der Waals surface area contributed by atoms with Gasteiger partial charge >= 0.3 is 12.1 Å². The molecule has 0 fully saturated rings. The lowest BCUT2D eigenvalue weighted by molar-refractivity contribution is -0.138. The van der Waals surface area contributed by atoms with Crippen molar-refractivity contribution in [2.24, 2.45) is 0 Å². The molecule has 0 spiro atoms. The first-order valence-corrected chi connectivity index (χ1v) is 13.6. The number of carbonyl (C=O) groups excluding carboxylic acids is 1. The lowest BCUT2D eigenvalue weighted by atomic mass is 10.0. The molecular formula is C30H32F3NO3S. The maximum absolute atomic E-state index is 13.1. The van der Waals surface area contributed by atoms with E-state index in [2.05, 4.69) is 12.2 Å². The van der Waals surface area contributed by atoms with E-state index in [0.29, 0.717) is 11.1 Å². The Balaban J connectivity index is 1.72. The zero-order valence-electron chi connectivity index (χ0n) is 21.3. The first kappa shape index (κ1) is 29.3. The lowest BCUT2D eigenvalue weighted by Crippen LogP contribution is -2.25. The summed E-state index contributed by atoms with van der Waals surface area (Å²) in [6.07, 6.45) is 0.929. The third kappa shape index (κ3) is 8.94. The van der Waals surface area contributed by atoms with Crippen LogP contribution < -0.4 is 5.32 Å². The van der Waals surface area contributed by atoms with E-state index in [0.717, 1.165) is 53.8 Å². The normalized spacial score (nSPS) is 12.2. The molecule has 1 atom stereocenters. The van der Waals surface area contributed by atoms with E-state index >= 15 is 0 Å². The smallest absolute Gasteiger partial charge is 0.416 e. The molecule has 0 saturated heterocycles. The summed E-state index contributed by atoms with van der Waals surface area (Å²) in [5.41, 5.74) is 2.12. The van der Waals surface area contributed by atoms with Gasteiger partial charge in [-0.3, -0.25) is 9.59 Å². The number of hydrogen-bond donors (Lipinski definition) is 2. The fourth-order valence-electron chi connectivity index (χ4n) is 4.05. The highest BCUT2D eigenvalue weighted by Crippen LogP contribution is 2.40. The van der Waals surface area contributed by atoms with Crippen LogP contribution in [0, 0.1) is 0 Å². The van der Waals surface area contributed by atoms with Gasteiger partial charge in [-0.25, -0.2) is 0 Å². The Morgan fingerprint density at radius 3 is 2.26 bits per heavy atom. The number of alkyl halides is 3. The molecule has 3 rings (SSSR count). The van der Waals surface area contributed by atoms with Gasteiger partial charge in [0.25, 0.3) is 5.91 Å². The second kappa shape index (κ2) is 14.0. The predicted molar refractivity (Wildman–Crippen MR) is 145 cm³/mol. The summed E-state index contributed by atoms with van der Waals surface area (Å²) in [6, 6.07) is 20.3. The van der Waals surface area contributed by atoms with Gasteiger partial charge in [0.05, 0.1) is 12.0 Å². The summed E-state index contributed by atoms with van der Waals surface area (Å²) >= 11 is 1.70. The molecule has 8 heteroatoms. The number of nitrogens with one attached hydrogen (secondary N) is 1. The minimum Gasteiger partial charge on any atom is -0.481 e. The fourth-order valence-corrected chi connectivity index (χ4v) is 5.25. The molecule has 0 aromatic heterocycles. The van der Waals surface area contributed by atoms with Gasteiger partial charge in [-0.05, 0) is 59.5 Å². The number of aliphatic carboxylic acids is 1. The van der Waals surface area contributed by atoms with Crippen molar-refractivity contribution in [2.75, 3.05) is 6.54 Å². The summed E-state index contributed by atoms with van der Waals surface area (Å²) in [5.74, 6) is -1.28. The van der Waals surface area contributed by atoms with Crippen LogP contribution in [0.25, 0.3) is 11.1 Å². The van der Waals surface area contributed by atoms with Crippen molar-refractivity contribution < 1.29 is 27.9 Å². The van der Waals surface area contributed by atoms with Gasteiger partial charge in [-0.2, -0.15) is 13.2 Å². The van der Waals surface area contributed by atoms with Crippen LogP contribution in [0.5, 0.6) is 0 Å². The topological polar surface area (TPSA) is 66.4 Å². The van der Waals surface area contributed by atoms with Gasteiger partial charge in [0.1, 0.15) is 0 Å². The molecular weight excluding hydrogens is 511 g/mol. The third-order valence-corrected chi connectivity index (χ3v) is 7.48. The highest BCUT2D eigenvalue weighted by Gasteiger charge is 2.30. The summed E-state index contributed by atoms with van der Waals surface area (Å²) in [4.78, 5) is 24.0. The number of unbranched alkanes of at least 4 members (excludes halogenated alkanes) is 3. The van der Waals surface area contributed by atoms with Crippen LogP contribution in [0.2, 0.25) is 0 Å². The van der Waals surface area contributed by atoms with E-state index in [1.54, 1.807) is 30.0 Å². The van der Waals surface area contributed by atoms with Gasteiger partial charge in [0.2, 0.25) is 0 Å². The second-order valence-electron chi connectivity index (χ2n) is 9.08. The van der Waals surface area contributed by atoms with Crippen molar-refractivity contribution in [1.82, 2.24) is 5.32 Å². The molecule has 1 unspecified atom stereocenters.